The van der Waals surface area contributed by atoms with Gasteiger partial charge in [0, 0.05) is 18.2 Å². The summed E-state index contributed by atoms with van der Waals surface area (Å²) in [6.45, 7) is 3.13. The topological polar surface area (TPSA) is 55.2 Å². The minimum Gasteiger partial charge on any atom is -0.314 e. The summed E-state index contributed by atoms with van der Waals surface area (Å²) in [7, 11) is 0. The molecule has 0 bridgehead atoms. The fraction of sp³-hybridized carbons (Fsp3) is 0.600. The van der Waals surface area contributed by atoms with Gasteiger partial charge in [0.1, 0.15) is 0 Å². The first-order chi connectivity index (χ1) is 9.20. The summed E-state index contributed by atoms with van der Waals surface area (Å²) < 4.78 is 0. The van der Waals surface area contributed by atoms with Gasteiger partial charge in [-0.1, -0.05) is 31.9 Å². The van der Waals surface area contributed by atoms with E-state index >= 15 is 0 Å². The van der Waals surface area contributed by atoms with Crippen molar-refractivity contribution in [1.29, 1.82) is 0 Å². The lowest BCUT2D eigenvalue weighted by Gasteiger charge is -2.32. The quantitative estimate of drug-likeness (QED) is 0.654. The SMILES string of the molecule is CCNC1CCCCC1Cc1cccc([N+](=O)[O-])c1. The van der Waals surface area contributed by atoms with Crippen LogP contribution < -0.4 is 5.32 Å². The number of nitrogens with one attached hydrogen (secondary N) is 1. The van der Waals surface area contributed by atoms with Crippen LogP contribution in [0.3, 0.4) is 0 Å². The summed E-state index contributed by atoms with van der Waals surface area (Å²) in [6, 6.07) is 7.64. The lowest BCUT2D eigenvalue weighted by atomic mass is 9.80. The largest absolute Gasteiger partial charge is 0.314 e. The molecule has 0 amide bonds. The van der Waals surface area contributed by atoms with Crippen LogP contribution in [0.5, 0.6) is 0 Å². The highest BCUT2D eigenvalue weighted by molar-refractivity contribution is 5.34. The third-order valence-corrected chi connectivity index (χ3v) is 3.99. The number of nitrogens with zero attached hydrogens (tertiary/aromatic N) is 1. The molecule has 2 unspecified atom stereocenters. The zero-order valence-corrected chi connectivity index (χ0v) is 11.5. The van der Waals surface area contributed by atoms with Gasteiger partial charge in [0.25, 0.3) is 5.69 Å². The minimum absolute atomic E-state index is 0.202. The summed E-state index contributed by atoms with van der Waals surface area (Å²) in [4.78, 5) is 10.5. The lowest BCUT2D eigenvalue weighted by Crippen LogP contribution is -2.39. The Hall–Kier alpha value is -1.42. The average Bonchev–Trinajstić information content (AvgIpc) is 2.41. The second kappa shape index (κ2) is 6.66. The molecule has 4 heteroatoms. The number of hydrogen-bond donors (Lipinski definition) is 1. The Morgan fingerprint density at radius 2 is 2.16 bits per heavy atom. The first kappa shape index (κ1) is 14.0. The highest BCUT2D eigenvalue weighted by Gasteiger charge is 2.24. The molecule has 4 nitrogen and oxygen atoms in total. The summed E-state index contributed by atoms with van der Waals surface area (Å²) in [6.07, 6.45) is 5.97. The molecular weight excluding hydrogens is 240 g/mol. The van der Waals surface area contributed by atoms with Crippen LogP contribution in [0.15, 0.2) is 24.3 Å². The van der Waals surface area contributed by atoms with Crippen molar-refractivity contribution in [2.45, 2.75) is 45.1 Å². The third-order valence-electron chi connectivity index (χ3n) is 3.99. The van der Waals surface area contributed by atoms with Crippen LogP contribution in [0.1, 0.15) is 38.2 Å². The summed E-state index contributed by atoms with van der Waals surface area (Å²) in [5.74, 6) is 0.607. The zero-order chi connectivity index (χ0) is 13.7. The van der Waals surface area contributed by atoms with Crippen molar-refractivity contribution in [3.05, 3.63) is 39.9 Å². The van der Waals surface area contributed by atoms with Crippen molar-refractivity contribution < 1.29 is 4.92 Å². The maximum Gasteiger partial charge on any atom is 0.269 e. The van der Waals surface area contributed by atoms with Gasteiger partial charge >= 0.3 is 0 Å². The molecule has 1 aromatic carbocycles. The first-order valence-electron chi connectivity index (χ1n) is 7.17. The minimum atomic E-state index is -0.313. The molecule has 0 spiro atoms. The van der Waals surface area contributed by atoms with Gasteiger partial charge < -0.3 is 5.32 Å². The normalized spacial score (nSPS) is 23.2. The molecule has 1 N–H and O–H groups in total. The number of non-ortho nitro benzene ring substituents is 1. The molecule has 1 fully saturated rings. The fourth-order valence-corrected chi connectivity index (χ4v) is 3.08. The smallest absolute Gasteiger partial charge is 0.269 e. The van der Waals surface area contributed by atoms with E-state index in [0.717, 1.165) is 18.5 Å². The van der Waals surface area contributed by atoms with Crippen molar-refractivity contribution in [3.8, 4) is 0 Å². The molecule has 0 aromatic heterocycles. The Bertz CT molecular complexity index is 432. The Kier molecular flexibility index (Phi) is 4.91. The Morgan fingerprint density at radius 3 is 2.89 bits per heavy atom. The number of hydrogen-bond acceptors (Lipinski definition) is 3. The molecule has 104 valence electrons. The van der Waals surface area contributed by atoms with Crippen molar-refractivity contribution >= 4 is 5.69 Å². The molecule has 1 aliphatic carbocycles. The third kappa shape index (κ3) is 3.77. The van der Waals surface area contributed by atoms with E-state index in [0.29, 0.717) is 12.0 Å². The number of benzene rings is 1. The van der Waals surface area contributed by atoms with Gasteiger partial charge in [-0.05, 0) is 37.3 Å². The monoisotopic (exact) mass is 262 g/mol. The number of rotatable bonds is 5. The van der Waals surface area contributed by atoms with E-state index in [1.165, 1.54) is 25.7 Å². The zero-order valence-electron chi connectivity index (χ0n) is 11.5. The molecule has 0 aliphatic heterocycles. The van der Waals surface area contributed by atoms with Crippen molar-refractivity contribution in [1.82, 2.24) is 5.32 Å². The highest BCUT2D eigenvalue weighted by Crippen LogP contribution is 2.28. The molecule has 2 rings (SSSR count). The van der Waals surface area contributed by atoms with E-state index in [1.54, 1.807) is 18.2 Å². The molecule has 1 aromatic rings. The van der Waals surface area contributed by atoms with E-state index < -0.39 is 0 Å². The van der Waals surface area contributed by atoms with Crippen LogP contribution in [0, 0.1) is 16.0 Å². The van der Waals surface area contributed by atoms with Crippen molar-refractivity contribution in [3.63, 3.8) is 0 Å². The van der Waals surface area contributed by atoms with Crippen LogP contribution in [0.2, 0.25) is 0 Å². The van der Waals surface area contributed by atoms with E-state index in [-0.39, 0.29) is 10.6 Å². The Morgan fingerprint density at radius 1 is 1.37 bits per heavy atom. The second-order valence-electron chi connectivity index (χ2n) is 5.34. The molecule has 0 saturated heterocycles. The Balaban J connectivity index is 2.06. The van der Waals surface area contributed by atoms with Crippen LogP contribution in [0.25, 0.3) is 0 Å². The van der Waals surface area contributed by atoms with Crippen LogP contribution >= 0.6 is 0 Å². The molecule has 19 heavy (non-hydrogen) atoms. The molecule has 0 radical (unpaired) electrons. The summed E-state index contributed by atoms with van der Waals surface area (Å²) in [5.41, 5.74) is 1.29. The predicted octanol–water partition coefficient (Wildman–Crippen LogP) is 3.31. The molecule has 1 aliphatic rings. The van der Waals surface area contributed by atoms with Gasteiger partial charge in [-0.2, -0.15) is 0 Å². The van der Waals surface area contributed by atoms with E-state index in [2.05, 4.69) is 12.2 Å². The molecular formula is C15H22N2O2. The maximum absolute atomic E-state index is 10.8. The van der Waals surface area contributed by atoms with E-state index in [1.807, 2.05) is 6.07 Å². The summed E-state index contributed by atoms with van der Waals surface area (Å²) >= 11 is 0. The van der Waals surface area contributed by atoms with Crippen molar-refractivity contribution in [2.24, 2.45) is 5.92 Å². The molecule has 0 heterocycles. The second-order valence-corrected chi connectivity index (χ2v) is 5.34. The van der Waals surface area contributed by atoms with Crippen LogP contribution in [-0.2, 0) is 6.42 Å². The number of nitro benzene ring substituents is 1. The van der Waals surface area contributed by atoms with Gasteiger partial charge in [-0.25, -0.2) is 0 Å². The Labute approximate surface area is 114 Å². The highest BCUT2D eigenvalue weighted by atomic mass is 16.6. The van der Waals surface area contributed by atoms with Gasteiger partial charge in [0.05, 0.1) is 4.92 Å². The van der Waals surface area contributed by atoms with Gasteiger partial charge in [0.15, 0.2) is 0 Å². The van der Waals surface area contributed by atoms with E-state index in [4.69, 9.17) is 0 Å². The van der Waals surface area contributed by atoms with Crippen LogP contribution in [-0.4, -0.2) is 17.5 Å². The fourth-order valence-electron chi connectivity index (χ4n) is 3.08. The first-order valence-corrected chi connectivity index (χ1v) is 7.17. The molecule has 1 saturated carbocycles. The van der Waals surface area contributed by atoms with Crippen LogP contribution in [0.4, 0.5) is 5.69 Å². The van der Waals surface area contributed by atoms with E-state index in [9.17, 15) is 10.1 Å². The standard InChI is InChI=1S/C15H22N2O2/c1-2-16-15-9-4-3-7-13(15)10-12-6-5-8-14(11-12)17(18)19/h5-6,8,11,13,15-16H,2-4,7,9-10H2,1H3. The van der Waals surface area contributed by atoms with Crippen molar-refractivity contribution in [2.75, 3.05) is 6.54 Å². The maximum atomic E-state index is 10.8. The summed E-state index contributed by atoms with van der Waals surface area (Å²) in [5, 5.41) is 14.4. The van der Waals surface area contributed by atoms with Gasteiger partial charge in [-0.15, -0.1) is 0 Å². The average molecular weight is 262 g/mol. The van der Waals surface area contributed by atoms with Gasteiger partial charge in [-0.3, -0.25) is 10.1 Å². The number of nitro groups is 1. The predicted molar refractivity (Wildman–Crippen MR) is 76.2 cm³/mol. The lowest BCUT2D eigenvalue weighted by molar-refractivity contribution is -0.384. The molecule has 2 atom stereocenters. The van der Waals surface area contributed by atoms with Gasteiger partial charge in [0.2, 0.25) is 0 Å².